The molecule has 0 heterocycles. The van der Waals surface area contributed by atoms with Gasteiger partial charge in [-0.05, 0) is 0 Å². The Bertz CT molecular complexity index is 416. The minimum atomic E-state index is -2.40. The highest BCUT2D eigenvalue weighted by atomic mass is 19.2. The molecule has 0 N–H and O–H groups in total. The van der Waals surface area contributed by atoms with Crippen molar-refractivity contribution in [1.29, 1.82) is 0 Å². The number of ether oxygens (including phenoxy) is 1. The molecule has 0 aliphatic heterocycles. The van der Waals surface area contributed by atoms with Crippen LogP contribution in [-0.4, -0.2) is 6.22 Å². The van der Waals surface area contributed by atoms with Crippen molar-refractivity contribution in [3.8, 4) is 0 Å². The number of benzene rings is 1. The van der Waals surface area contributed by atoms with Gasteiger partial charge < -0.3 is 4.74 Å². The SMILES string of the molecule is O=C(F)OCc1c(F)c(F)c(F)c(F)c1F. The van der Waals surface area contributed by atoms with Gasteiger partial charge in [-0.25, -0.2) is 26.7 Å². The molecule has 1 aromatic carbocycles. The molecular formula is C8H2F6O2. The van der Waals surface area contributed by atoms with E-state index in [-0.39, 0.29) is 0 Å². The van der Waals surface area contributed by atoms with E-state index in [1.165, 1.54) is 0 Å². The van der Waals surface area contributed by atoms with Gasteiger partial charge in [0.2, 0.25) is 5.82 Å². The molecule has 0 spiro atoms. The predicted octanol–water partition coefficient (Wildman–Crippen LogP) is 2.99. The zero-order valence-corrected chi connectivity index (χ0v) is 7.29. The molecule has 0 aromatic heterocycles. The monoisotopic (exact) mass is 244 g/mol. The standard InChI is InChI=1S/C8H2F6O2/c9-3-2(1-16-8(14)15)4(10)6(12)7(13)5(3)11/h1H2. The second-order valence-corrected chi connectivity index (χ2v) is 2.57. The predicted molar refractivity (Wildman–Crippen MR) is 37.5 cm³/mol. The van der Waals surface area contributed by atoms with Crippen molar-refractivity contribution < 1.29 is 35.9 Å². The average molecular weight is 244 g/mol. The maximum Gasteiger partial charge on any atom is 0.495 e. The van der Waals surface area contributed by atoms with Crippen LogP contribution >= 0.6 is 0 Å². The molecule has 2 nitrogen and oxygen atoms in total. The van der Waals surface area contributed by atoms with Crippen LogP contribution in [0.1, 0.15) is 5.56 Å². The van der Waals surface area contributed by atoms with Crippen molar-refractivity contribution in [2.24, 2.45) is 0 Å². The minimum Gasteiger partial charge on any atom is -0.435 e. The Balaban J connectivity index is 3.23. The fraction of sp³-hybridized carbons (Fsp3) is 0.125. The molecule has 88 valence electrons. The quantitative estimate of drug-likeness (QED) is 0.346. The number of hydrogen-bond acceptors (Lipinski definition) is 2. The van der Waals surface area contributed by atoms with E-state index in [2.05, 4.69) is 4.74 Å². The van der Waals surface area contributed by atoms with Gasteiger partial charge in [-0.1, -0.05) is 0 Å². The van der Waals surface area contributed by atoms with Crippen molar-refractivity contribution >= 4 is 6.22 Å². The molecule has 0 aliphatic rings. The van der Waals surface area contributed by atoms with E-state index in [4.69, 9.17) is 0 Å². The van der Waals surface area contributed by atoms with Gasteiger partial charge in [-0.15, -0.1) is 4.39 Å². The van der Waals surface area contributed by atoms with E-state index in [0.717, 1.165) is 0 Å². The molecule has 8 heteroatoms. The summed E-state index contributed by atoms with van der Waals surface area (Å²) in [6.07, 6.45) is -2.40. The second-order valence-electron chi connectivity index (χ2n) is 2.57. The number of carbonyl (C=O) groups is 1. The third kappa shape index (κ3) is 2.10. The topological polar surface area (TPSA) is 26.3 Å². The van der Waals surface area contributed by atoms with Crippen LogP contribution in [0.3, 0.4) is 0 Å². The van der Waals surface area contributed by atoms with Crippen LogP contribution in [0.15, 0.2) is 0 Å². The van der Waals surface area contributed by atoms with Gasteiger partial charge in [0.05, 0.1) is 5.56 Å². The number of carbonyl (C=O) groups excluding carboxylic acids is 1. The zero-order valence-electron chi connectivity index (χ0n) is 7.29. The third-order valence-electron chi connectivity index (χ3n) is 1.63. The minimum absolute atomic E-state index is 1.39. The Labute approximate surface area is 84.4 Å². The van der Waals surface area contributed by atoms with E-state index < -0.39 is 47.5 Å². The van der Waals surface area contributed by atoms with E-state index in [1.54, 1.807) is 0 Å². The molecule has 0 unspecified atom stereocenters. The summed E-state index contributed by atoms with van der Waals surface area (Å²) < 4.78 is 78.2. The van der Waals surface area contributed by atoms with E-state index in [9.17, 15) is 31.1 Å². The van der Waals surface area contributed by atoms with Gasteiger partial charge >= 0.3 is 6.22 Å². The first kappa shape index (κ1) is 12.3. The summed E-state index contributed by atoms with van der Waals surface area (Å²) >= 11 is 0. The third-order valence-corrected chi connectivity index (χ3v) is 1.63. The van der Waals surface area contributed by atoms with E-state index >= 15 is 0 Å². The molecule has 0 saturated carbocycles. The first-order chi connectivity index (χ1) is 7.36. The van der Waals surface area contributed by atoms with Gasteiger partial charge in [-0.2, -0.15) is 0 Å². The van der Waals surface area contributed by atoms with Gasteiger partial charge in [0, 0.05) is 0 Å². The maximum absolute atomic E-state index is 12.8. The fourth-order valence-electron chi connectivity index (χ4n) is 0.906. The van der Waals surface area contributed by atoms with Crippen molar-refractivity contribution in [3.63, 3.8) is 0 Å². The van der Waals surface area contributed by atoms with Gasteiger partial charge in [-0.3, -0.25) is 0 Å². The van der Waals surface area contributed by atoms with Crippen molar-refractivity contribution in [2.45, 2.75) is 6.61 Å². The van der Waals surface area contributed by atoms with Gasteiger partial charge in [0.1, 0.15) is 6.61 Å². The van der Waals surface area contributed by atoms with Crippen molar-refractivity contribution in [1.82, 2.24) is 0 Å². The first-order valence-electron chi connectivity index (χ1n) is 3.68. The highest BCUT2D eigenvalue weighted by Crippen LogP contribution is 2.23. The summed E-state index contributed by atoms with van der Waals surface area (Å²) in [5.74, 6) is -11.1. The lowest BCUT2D eigenvalue weighted by Gasteiger charge is -2.06. The lowest BCUT2D eigenvalue weighted by atomic mass is 10.2. The summed E-state index contributed by atoms with van der Waals surface area (Å²) in [5, 5.41) is 0. The molecule has 1 rings (SSSR count). The van der Waals surface area contributed by atoms with Gasteiger partial charge in [0.15, 0.2) is 23.3 Å². The van der Waals surface area contributed by atoms with Crippen LogP contribution in [0.2, 0.25) is 0 Å². The summed E-state index contributed by atoms with van der Waals surface area (Å²) in [4.78, 5) is 9.68. The zero-order chi connectivity index (χ0) is 12.5. The number of halogens is 6. The summed E-state index contributed by atoms with van der Waals surface area (Å²) in [6.45, 7) is -1.39. The summed E-state index contributed by atoms with van der Waals surface area (Å²) in [6, 6.07) is 0. The number of hydrogen-bond donors (Lipinski definition) is 0. The number of rotatable bonds is 2. The average Bonchev–Trinajstić information content (AvgIpc) is 2.23. The first-order valence-corrected chi connectivity index (χ1v) is 3.68. The smallest absolute Gasteiger partial charge is 0.435 e. The molecular weight excluding hydrogens is 242 g/mol. The normalized spacial score (nSPS) is 10.4. The Hall–Kier alpha value is -1.73. The fourth-order valence-corrected chi connectivity index (χ4v) is 0.906. The van der Waals surface area contributed by atoms with E-state index in [0.29, 0.717) is 0 Å². The van der Waals surface area contributed by atoms with Gasteiger partial charge in [0.25, 0.3) is 0 Å². The highest BCUT2D eigenvalue weighted by molar-refractivity contribution is 5.58. The Morgan fingerprint density at radius 3 is 1.62 bits per heavy atom. The summed E-state index contributed by atoms with van der Waals surface area (Å²) in [5.41, 5.74) is -1.41. The van der Waals surface area contributed by atoms with Crippen LogP contribution < -0.4 is 0 Å². The molecule has 16 heavy (non-hydrogen) atoms. The van der Waals surface area contributed by atoms with Crippen LogP contribution in [0.25, 0.3) is 0 Å². The lowest BCUT2D eigenvalue weighted by Crippen LogP contribution is -2.09. The Morgan fingerprint density at radius 1 is 0.875 bits per heavy atom. The second kappa shape index (κ2) is 4.42. The van der Waals surface area contributed by atoms with Crippen LogP contribution in [0.4, 0.5) is 31.1 Å². The molecule has 0 aliphatic carbocycles. The van der Waals surface area contributed by atoms with Crippen LogP contribution in [0, 0.1) is 29.1 Å². The molecule has 0 bridgehead atoms. The Morgan fingerprint density at radius 2 is 1.25 bits per heavy atom. The largest absolute Gasteiger partial charge is 0.495 e. The molecule has 0 amide bonds. The van der Waals surface area contributed by atoms with Crippen LogP contribution in [0.5, 0.6) is 0 Å². The molecule has 1 aromatic rings. The lowest BCUT2D eigenvalue weighted by molar-refractivity contribution is 0.111. The molecule has 0 radical (unpaired) electrons. The summed E-state index contributed by atoms with van der Waals surface area (Å²) in [7, 11) is 0. The molecule has 0 saturated heterocycles. The van der Waals surface area contributed by atoms with Crippen molar-refractivity contribution in [2.75, 3.05) is 0 Å². The van der Waals surface area contributed by atoms with Crippen molar-refractivity contribution in [3.05, 3.63) is 34.6 Å². The highest BCUT2D eigenvalue weighted by Gasteiger charge is 2.26. The van der Waals surface area contributed by atoms with E-state index in [1.807, 2.05) is 0 Å². The molecule has 0 fully saturated rings. The Kier molecular flexibility index (Phi) is 3.41. The molecule has 0 atom stereocenters. The van der Waals surface area contributed by atoms with Crippen LogP contribution in [-0.2, 0) is 11.3 Å². The maximum atomic E-state index is 12.8.